The van der Waals surface area contributed by atoms with Gasteiger partial charge < -0.3 is 40.8 Å². The molecule has 18 nitrogen and oxygen atoms in total. The van der Waals surface area contributed by atoms with E-state index in [4.69, 9.17) is 36.0 Å². The van der Waals surface area contributed by atoms with Gasteiger partial charge in [0.05, 0.1) is 65.3 Å². The van der Waals surface area contributed by atoms with E-state index >= 15 is 0 Å². The van der Waals surface area contributed by atoms with Crippen LogP contribution >= 0.6 is 0 Å². The smallest absolute Gasteiger partial charge is 0.317 e. The van der Waals surface area contributed by atoms with Gasteiger partial charge in [-0.05, 0) is 6.42 Å². The number of nitrogens with two attached hydrogens (primary N) is 2. The van der Waals surface area contributed by atoms with Gasteiger partial charge in [-0.1, -0.05) is 0 Å². The van der Waals surface area contributed by atoms with Crippen LogP contribution in [0, 0.1) is 0 Å². The molecule has 0 aromatic carbocycles. The molecule has 3 amide bonds. The summed E-state index contributed by atoms with van der Waals surface area (Å²) in [7, 11) is 0. The van der Waals surface area contributed by atoms with Crippen LogP contribution in [0.3, 0.4) is 0 Å². The molecule has 1 saturated heterocycles. The third-order valence-corrected chi connectivity index (χ3v) is 6.32. The Morgan fingerprint density at radius 1 is 0.651 bits per heavy atom. The fourth-order valence-electron chi connectivity index (χ4n) is 3.98. The molecule has 248 valence electrons. The van der Waals surface area contributed by atoms with Gasteiger partial charge in [0, 0.05) is 58.8 Å². The van der Waals surface area contributed by atoms with Gasteiger partial charge in [-0.25, -0.2) is 5.84 Å². The molecule has 18 heteroatoms. The molecule has 0 aromatic heterocycles. The van der Waals surface area contributed by atoms with Crippen LogP contribution in [0.15, 0.2) is 0 Å². The second kappa shape index (κ2) is 23.5. The Balaban J connectivity index is 2.08. The van der Waals surface area contributed by atoms with Crippen molar-refractivity contribution in [3.05, 3.63) is 0 Å². The van der Waals surface area contributed by atoms with Crippen LogP contribution in [-0.4, -0.2) is 172 Å². The van der Waals surface area contributed by atoms with Crippen molar-refractivity contribution in [2.75, 3.05) is 112 Å². The zero-order valence-electron chi connectivity index (χ0n) is 24.7. The van der Waals surface area contributed by atoms with Crippen molar-refractivity contribution in [1.82, 2.24) is 30.8 Å². The number of carbonyl (C=O) groups excluding carboxylic acids is 3. The molecule has 0 aliphatic carbocycles. The molecule has 0 bridgehead atoms. The zero-order valence-corrected chi connectivity index (χ0v) is 24.7. The molecule has 0 radical (unpaired) electrons. The summed E-state index contributed by atoms with van der Waals surface area (Å²) in [5.41, 5.74) is 7.50. The van der Waals surface area contributed by atoms with Crippen molar-refractivity contribution in [3.8, 4) is 0 Å². The predicted molar refractivity (Wildman–Crippen MR) is 153 cm³/mol. The number of carboxylic acids is 2. The first kappa shape index (κ1) is 38.1. The van der Waals surface area contributed by atoms with Gasteiger partial charge >= 0.3 is 11.9 Å². The first-order valence-electron chi connectivity index (χ1n) is 14.2. The van der Waals surface area contributed by atoms with E-state index in [1.54, 1.807) is 9.80 Å². The largest absolute Gasteiger partial charge is 0.480 e. The SMILES string of the molecule is NNC(=O)C(N)CCC(=O)NCCOCCOCCOCCNC(=O)CN1CCN(CC(=O)O)CCN(CC(=O)O)CC1. The normalized spacial score (nSPS) is 16.0. The monoisotopic (exact) mass is 620 g/mol. The van der Waals surface area contributed by atoms with Crippen molar-refractivity contribution in [3.63, 3.8) is 0 Å². The number of amides is 3. The molecule has 43 heavy (non-hydrogen) atoms. The summed E-state index contributed by atoms with van der Waals surface area (Å²) in [6.07, 6.45) is 0.285. The maximum absolute atomic E-state index is 12.4. The Bertz CT molecular complexity index is 825. The van der Waals surface area contributed by atoms with E-state index in [-0.39, 0.29) is 44.3 Å². The molecule has 1 rings (SSSR count). The molecule has 1 aliphatic rings. The Kier molecular flexibility index (Phi) is 20.8. The number of hydrazine groups is 1. The maximum Gasteiger partial charge on any atom is 0.317 e. The summed E-state index contributed by atoms with van der Waals surface area (Å²) in [6.45, 7) is 5.16. The third kappa shape index (κ3) is 20.6. The van der Waals surface area contributed by atoms with E-state index in [2.05, 4.69) is 10.6 Å². The van der Waals surface area contributed by atoms with Gasteiger partial charge in [0.2, 0.25) is 11.8 Å². The Morgan fingerprint density at radius 2 is 1.05 bits per heavy atom. The van der Waals surface area contributed by atoms with Gasteiger partial charge in [-0.15, -0.1) is 0 Å². The van der Waals surface area contributed by atoms with Crippen molar-refractivity contribution in [2.45, 2.75) is 18.9 Å². The van der Waals surface area contributed by atoms with Crippen LogP contribution in [0.4, 0.5) is 0 Å². The van der Waals surface area contributed by atoms with Gasteiger partial charge in [-0.3, -0.25) is 44.1 Å². The van der Waals surface area contributed by atoms with Crippen molar-refractivity contribution in [1.29, 1.82) is 0 Å². The first-order valence-corrected chi connectivity index (χ1v) is 14.2. The van der Waals surface area contributed by atoms with E-state index in [9.17, 15) is 24.0 Å². The van der Waals surface area contributed by atoms with E-state index in [1.807, 2.05) is 10.3 Å². The number of aliphatic carboxylic acids is 2. The Morgan fingerprint density at radius 3 is 1.47 bits per heavy atom. The van der Waals surface area contributed by atoms with Crippen molar-refractivity contribution < 1.29 is 48.4 Å². The Labute approximate surface area is 251 Å². The molecular weight excluding hydrogens is 572 g/mol. The highest BCUT2D eigenvalue weighted by Crippen LogP contribution is 2.01. The summed E-state index contributed by atoms with van der Waals surface area (Å²) in [5, 5.41) is 23.7. The van der Waals surface area contributed by atoms with Crippen LogP contribution in [0.25, 0.3) is 0 Å². The fraction of sp³-hybridized carbons (Fsp3) is 0.800. The maximum atomic E-state index is 12.4. The van der Waals surface area contributed by atoms with Crippen LogP contribution in [-0.2, 0) is 38.2 Å². The highest BCUT2D eigenvalue weighted by molar-refractivity contribution is 5.82. The van der Waals surface area contributed by atoms with Gasteiger partial charge in [-0.2, -0.15) is 0 Å². The van der Waals surface area contributed by atoms with Gasteiger partial charge in [0.1, 0.15) is 0 Å². The van der Waals surface area contributed by atoms with Crippen LogP contribution < -0.4 is 27.6 Å². The van der Waals surface area contributed by atoms with E-state index in [0.717, 1.165) is 0 Å². The average molecular weight is 621 g/mol. The lowest BCUT2D eigenvalue weighted by Crippen LogP contribution is -2.44. The number of carbonyl (C=O) groups is 5. The molecule has 1 atom stereocenters. The fourth-order valence-corrected chi connectivity index (χ4v) is 3.98. The molecule has 1 fully saturated rings. The second-order valence-corrected chi connectivity index (χ2v) is 9.81. The molecular formula is C25H48N8O10. The number of rotatable bonds is 22. The highest BCUT2D eigenvalue weighted by Gasteiger charge is 2.20. The number of carboxylic acid groups (broad SMARTS) is 2. The van der Waals surface area contributed by atoms with Crippen LogP contribution in [0.5, 0.6) is 0 Å². The molecule has 1 aliphatic heterocycles. The molecule has 1 unspecified atom stereocenters. The lowest BCUT2D eigenvalue weighted by atomic mass is 10.1. The third-order valence-electron chi connectivity index (χ3n) is 6.32. The van der Waals surface area contributed by atoms with Crippen molar-refractivity contribution in [2.24, 2.45) is 11.6 Å². The summed E-state index contributed by atoms with van der Waals surface area (Å²) in [4.78, 5) is 63.0. The summed E-state index contributed by atoms with van der Waals surface area (Å²) < 4.78 is 16.2. The van der Waals surface area contributed by atoms with E-state index < -0.39 is 23.9 Å². The van der Waals surface area contributed by atoms with Gasteiger partial charge in [0.25, 0.3) is 5.91 Å². The minimum Gasteiger partial charge on any atom is -0.480 e. The standard InChI is InChI=1S/C25H48N8O10/c26-20(25(40)30-27)1-2-21(34)28-3-11-41-13-15-43-16-14-42-12-4-29-22(35)17-31-5-7-32(18-23(36)37)9-10-33(8-6-31)19-24(38)39/h20H,1-19,26-27H2,(H,28,34)(H,29,35)(H,30,40)(H,36,37)(H,38,39). The lowest BCUT2D eigenvalue weighted by molar-refractivity contribution is -0.140. The quantitative estimate of drug-likeness (QED) is 0.0260. The first-order chi connectivity index (χ1) is 20.6. The van der Waals surface area contributed by atoms with E-state index in [1.165, 1.54) is 0 Å². The lowest BCUT2D eigenvalue weighted by Gasteiger charge is -2.24. The molecule has 1 heterocycles. The number of hydrogen-bond acceptors (Lipinski definition) is 13. The molecule has 0 aromatic rings. The number of ether oxygens (including phenoxy) is 3. The zero-order chi connectivity index (χ0) is 31.9. The van der Waals surface area contributed by atoms with Gasteiger partial charge in [0.15, 0.2) is 0 Å². The predicted octanol–water partition coefficient (Wildman–Crippen LogP) is -4.55. The Hall–Kier alpha value is -2.97. The molecule has 9 N–H and O–H groups in total. The number of nitrogens with zero attached hydrogens (tertiary/aromatic N) is 3. The average Bonchev–Trinajstić information content (AvgIpc) is 3.04. The number of nitrogens with one attached hydrogen (secondary N) is 3. The number of hydrogen-bond donors (Lipinski definition) is 7. The minimum absolute atomic E-state index is 0.101. The van der Waals surface area contributed by atoms with Crippen molar-refractivity contribution >= 4 is 29.7 Å². The highest BCUT2D eigenvalue weighted by atomic mass is 16.5. The minimum atomic E-state index is -0.957. The second-order valence-electron chi connectivity index (χ2n) is 9.81. The van der Waals surface area contributed by atoms with E-state index in [0.29, 0.717) is 92.0 Å². The summed E-state index contributed by atoms with van der Waals surface area (Å²) in [5.74, 6) is 2.10. The molecule has 0 saturated carbocycles. The van der Waals surface area contributed by atoms with Crippen LogP contribution in [0.2, 0.25) is 0 Å². The topological polar surface area (TPSA) is 251 Å². The molecule has 0 spiro atoms. The summed E-state index contributed by atoms with van der Waals surface area (Å²) in [6, 6.07) is -0.835. The summed E-state index contributed by atoms with van der Waals surface area (Å²) >= 11 is 0. The van der Waals surface area contributed by atoms with Crippen LogP contribution in [0.1, 0.15) is 12.8 Å².